The Morgan fingerprint density at radius 1 is 1.00 bits per heavy atom. The predicted octanol–water partition coefficient (Wildman–Crippen LogP) is 1.29. The first kappa shape index (κ1) is 8.52. The van der Waals surface area contributed by atoms with Crippen LogP contribution >= 0.6 is 0 Å². The van der Waals surface area contributed by atoms with E-state index in [4.69, 9.17) is 0 Å². The van der Waals surface area contributed by atoms with Crippen LogP contribution < -0.4 is 5.32 Å². The molecule has 0 unspecified atom stereocenters. The van der Waals surface area contributed by atoms with E-state index in [0.29, 0.717) is 12.0 Å². The summed E-state index contributed by atoms with van der Waals surface area (Å²) in [6, 6.07) is 0.625. The van der Waals surface area contributed by atoms with E-state index in [9.17, 15) is 5.11 Å². The third kappa shape index (κ3) is 1.64. The van der Waals surface area contributed by atoms with Gasteiger partial charge in [0.15, 0.2) is 0 Å². The second-order valence-corrected chi connectivity index (χ2v) is 4.22. The van der Waals surface area contributed by atoms with E-state index in [0.717, 1.165) is 13.0 Å². The van der Waals surface area contributed by atoms with Crippen molar-refractivity contribution < 1.29 is 5.11 Å². The summed E-state index contributed by atoms with van der Waals surface area (Å²) < 4.78 is 0. The molecule has 2 N–H and O–H groups in total. The summed E-state index contributed by atoms with van der Waals surface area (Å²) >= 11 is 0. The van der Waals surface area contributed by atoms with E-state index in [1.807, 2.05) is 0 Å². The van der Waals surface area contributed by atoms with E-state index in [2.05, 4.69) is 5.32 Å². The molecule has 0 bridgehead atoms. The molecule has 1 aliphatic carbocycles. The zero-order chi connectivity index (χ0) is 8.39. The summed E-state index contributed by atoms with van der Waals surface area (Å²) in [5.41, 5.74) is 0. The van der Waals surface area contributed by atoms with Crippen molar-refractivity contribution in [2.45, 2.75) is 50.7 Å². The van der Waals surface area contributed by atoms with Gasteiger partial charge in [-0.3, -0.25) is 0 Å². The Kier molecular flexibility index (Phi) is 2.66. The molecule has 3 atom stereocenters. The highest BCUT2D eigenvalue weighted by molar-refractivity contribution is 4.87. The molecule has 0 amide bonds. The Balaban J connectivity index is 1.91. The lowest BCUT2D eigenvalue weighted by Crippen LogP contribution is -2.39. The number of aliphatic hydroxyl groups is 1. The molecule has 0 aromatic heterocycles. The van der Waals surface area contributed by atoms with Crippen molar-refractivity contribution >= 4 is 0 Å². The molecule has 70 valence electrons. The highest BCUT2D eigenvalue weighted by Crippen LogP contribution is 2.30. The lowest BCUT2D eigenvalue weighted by atomic mass is 9.81. The minimum absolute atomic E-state index is 0.0191. The second kappa shape index (κ2) is 3.75. The Labute approximate surface area is 74.4 Å². The summed E-state index contributed by atoms with van der Waals surface area (Å²) in [5.74, 6) is 0.557. The lowest BCUT2D eigenvalue weighted by molar-refractivity contribution is 0.0521. The number of nitrogens with one attached hydrogen (secondary N) is 1. The molecule has 2 fully saturated rings. The van der Waals surface area contributed by atoms with Crippen molar-refractivity contribution in [2.75, 3.05) is 6.54 Å². The minimum Gasteiger partial charge on any atom is -0.393 e. The van der Waals surface area contributed by atoms with Crippen molar-refractivity contribution in [1.29, 1.82) is 0 Å². The van der Waals surface area contributed by atoms with Crippen LogP contribution in [0.2, 0.25) is 0 Å². The first-order valence-corrected chi connectivity index (χ1v) is 5.29. The van der Waals surface area contributed by atoms with Gasteiger partial charge in [0.05, 0.1) is 6.10 Å². The van der Waals surface area contributed by atoms with E-state index in [-0.39, 0.29) is 6.10 Å². The van der Waals surface area contributed by atoms with Crippen molar-refractivity contribution in [3.8, 4) is 0 Å². The van der Waals surface area contributed by atoms with Crippen LogP contribution in [0.1, 0.15) is 38.5 Å². The Morgan fingerprint density at radius 2 is 1.83 bits per heavy atom. The number of hydrogen-bond acceptors (Lipinski definition) is 2. The van der Waals surface area contributed by atoms with Crippen LogP contribution in [-0.4, -0.2) is 23.8 Å². The Bertz CT molecular complexity index is 143. The highest BCUT2D eigenvalue weighted by atomic mass is 16.3. The minimum atomic E-state index is -0.0191. The normalized spacial score (nSPS) is 43.2. The maximum absolute atomic E-state index is 9.79. The summed E-state index contributed by atoms with van der Waals surface area (Å²) in [6.07, 6.45) is 7.37. The van der Waals surface area contributed by atoms with Crippen molar-refractivity contribution in [2.24, 2.45) is 5.92 Å². The molecule has 1 heterocycles. The van der Waals surface area contributed by atoms with Gasteiger partial charge < -0.3 is 10.4 Å². The monoisotopic (exact) mass is 169 g/mol. The summed E-state index contributed by atoms with van der Waals surface area (Å²) in [5, 5.41) is 13.3. The molecular weight excluding hydrogens is 150 g/mol. The zero-order valence-electron chi connectivity index (χ0n) is 7.63. The fourth-order valence-electron chi connectivity index (χ4n) is 2.69. The van der Waals surface area contributed by atoms with Crippen LogP contribution in [0.25, 0.3) is 0 Å². The van der Waals surface area contributed by atoms with Gasteiger partial charge in [0.25, 0.3) is 0 Å². The largest absolute Gasteiger partial charge is 0.393 e. The van der Waals surface area contributed by atoms with Crippen LogP contribution in [0.4, 0.5) is 0 Å². The first-order valence-electron chi connectivity index (χ1n) is 5.29. The van der Waals surface area contributed by atoms with Gasteiger partial charge in [-0.25, -0.2) is 0 Å². The van der Waals surface area contributed by atoms with Gasteiger partial charge in [-0.2, -0.15) is 0 Å². The van der Waals surface area contributed by atoms with E-state index in [1.165, 1.54) is 32.1 Å². The Morgan fingerprint density at radius 3 is 2.50 bits per heavy atom. The lowest BCUT2D eigenvalue weighted by Gasteiger charge is -2.32. The van der Waals surface area contributed by atoms with Crippen molar-refractivity contribution in [3.63, 3.8) is 0 Å². The van der Waals surface area contributed by atoms with Crippen LogP contribution in [0.15, 0.2) is 0 Å². The SMILES string of the molecule is O[C@H]1CCCC[C@@H]1[C@@H]1CCCN1. The molecule has 0 spiro atoms. The molecule has 2 aliphatic rings. The average Bonchev–Trinajstić information content (AvgIpc) is 2.57. The molecule has 1 saturated heterocycles. The summed E-state index contributed by atoms with van der Waals surface area (Å²) in [4.78, 5) is 0. The fraction of sp³-hybridized carbons (Fsp3) is 1.00. The van der Waals surface area contributed by atoms with Crippen LogP contribution in [0, 0.1) is 5.92 Å². The van der Waals surface area contributed by atoms with Gasteiger partial charge in [-0.15, -0.1) is 0 Å². The molecule has 1 aliphatic heterocycles. The van der Waals surface area contributed by atoms with Gasteiger partial charge in [-0.1, -0.05) is 12.8 Å². The van der Waals surface area contributed by atoms with Gasteiger partial charge >= 0.3 is 0 Å². The standard InChI is InChI=1S/C10H19NO/c12-10-6-2-1-4-8(10)9-5-3-7-11-9/h8-12H,1-7H2/t8-,9+,10+/m1/s1. The molecule has 0 radical (unpaired) electrons. The summed E-state index contributed by atoms with van der Waals surface area (Å²) in [6.45, 7) is 1.16. The molecular formula is C10H19NO. The summed E-state index contributed by atoms with van der Waals surface area (Å²) in [7, 11) is 0. The molecule has 1 saturated carbocycles. The predicted molar refractivity (Wildman–Crippen MR) is 49.0 cm³/mol. The Hall–Kier alpha value is -0.0800. The highest BCUT2D eigenvalue weighted by Gasteiger charge is 2.31. The van der Waals surface area contributed by atoms with Gasteiger partial charge in [0.1, 0.15) is 0 Å². The second-order valence-electron chi connectivity index (χ2n) is 4.22. The van der Waals surface area contributed by atoms with Gasteiger partial charge in [-0.05, 0) is 32.2 Å². The topological polar surface area (TPSA) is 32.3 Å². The number of rotatable bonds is 1. The maximum Gasteiger partial charge on any atom is 0.0583 e. The number of hydrogen-bond donors (Lipinski definition) is 2. The van der Waals surface area contributed by atoms with E-state index in [1.54, 1.807) is 0 Å². The fourth-order valence-corrected chi connectivity index (χ4v) is 2.69. The molecule has 0 aromatic carbocycles. The van der Waals surface area contributed by atoms with E-state index >= 15 is 0 Å². The van der Waals surface area contributed by atoms with Crippen LogP contribution in [0.5, 0.6) is 0 Å². The average molecular weight is 169 g/mol. The van der Waals surface area contributed by atoms with Gasteiger partial charge in [0, 0.05) is 12.0 Å². The molecule has 2 rings (SSSR count). The third-order valence-corrected chi connectivity index (χ3v) is 3.40. The third-order valence-electron chi connectivity index (χ3n) is 3.40. The molecule has 12 heavy (non-hydrogen) atoms. The molecule has 2 nitrogen and oxygen atoms in total. The number of aliphatic hydroxyl groups excluding tert-OH is 1. The van der Waals surface area contributed by atoms with Crippen molar-refractivity contribution in [1.82, 2.24) is 5.32 Å². The first-order chi connectivity index (χ1) is 5.88. The molecule has 2 heteroatoms. The smallest absolute Gasteiger partial charge is 0.0583 e. The zero-order valence-corrected chi connectivity index (χ0v) is 7.63. The van der Waals surface area contributed by atoms with Gasteiger partial charge in [0.2, 0.25) is 0 Å². The maximum atomic E-state index is 9.79. The van der Waals surface area contributed by atoms with Crippen molar-refractivity contribution in [3.05, 3.63) is 0 Å². The molecule has 0 aromatic rings. The van der Waals surface area contributed by atoms with E-state index < -0.39 is 0 Å². The van der Waals surface area contributed by atoms with Crippen LogP contribution in [0.3, 0.4) is 0 Å². The van der Waals surface area contributed by atoms with Crippen LogP contribution in [-0.2, 0) is 0 Å². The quantitative estimate of drug-likeness (QED) is 0.620.